The maximum atomic E-state index is 6.03. The van der Waals surface area contributed by atoms with Crippen molar-refractivity contribution in [1.82, 2.24) is 15.6 Å². The zero-order valence-corrected chi connectivity index (χ0v) is 19.4. The molecule has 26 heavy (non-hydrogen) atoms. The first-order chi connectivity index (χ1) is 12.3. The number of rotatable bonds is 9. The van der Waals surface area contributed by atoms with Gasteiger partial charge in [0.1, 0.15) is 0 Å². The van der Waals surface area contributed by atoms with E-state index < -0.39 is 0 Å². The Hall–Kier alpha value is -0.410. The highest BCUT2D eigenvalue weighted by molar-refractivity contribution is 14.0. The van der Waals surface area contributed by atoms with Crippen molar-refractivity contribution in [3.63, 3.8) is 0 Å². The molecule has 0 bridgehead atoms. The molecule has 0 radical (unpaired) electrons. The van der Waals surface area contributed by atoms with Crippen LogP contribution in [0.3, 0.4) is 0 Å². The number of aliphatic imine (C=N–C) groups is 1. The van der Waals surface area contributed by atoms with Crippen molar-refractivity contribution in [2.45, 2.75) is 71.3 Å². The van der Waals surface area contributed by atoms with Gasteiger partial charge in [0.25, 0.3) is 0 Å². The third-order valence-corrected chi connectivity index (χ3v) is 5.41. The van der Waals surface area contributed by atoms with Gasteiger partial charge in [0.2, 0.25) is 0 Å². The molecule has 0 saturated heterocycles. The molecule has 5 nitrogen and oxygen atoms in total. The number of halogens is 1. The van der Waals surface area contributed by atoms with Crippen LogP contribution in [0.15, 0.2) is 10.4 Å². The fourth-order valence-corrected chi connectivity index (χ4v) is 3.90. The molecule has 0 amide bonds. The second-order valence-electron chi connectivity index (χ2n) is 6.66. The SMILES string of the molecule is CCNC(=NCCCc1nc(C)cs1)NCCOC1CCCCCC1.I. The lowest BCUT2D eigenvalue weighted by atomic mass is 10.1. The Balaban J connectivity index is 0.00000338. The van der Waals surface area contributed by atoms with Gasteiger partial charge in [0.05, 0.1) is 17.7 Å². The van der Waals surface area contributed by atoms with E-state index in [9.17, 15) is 0 Å². The molecule has 150 valence electrons. The zero-order valence-electron chi connectivity index (χ0n) is 16.3. The van der Waals surface area contributed by atoms with Gasteiger partial charge in [-0.05, 0) is 33.1 Å². The summed E-state index contributed by atoms with van der Waals surface area (Å²) in [5, 5.41) is 10.0. The van der Waals surface area contributed by atoms with E-state index in [2.05, 4.69) is 32.9 Å². The monoisotopic (exact) mass is 494 g/mol. The van der Waals surface area contributed by atoms with Gasteiger partial charge in [-0.2, -0.15) is 0 Å². The molecular weight excluding hydrogens is 459 g/mol. The van der Waals surface area contributed by atoms with Crippen molar-refractivity contribution in [3.8, 4) is 0 Å². The summed E-state index contributed by atoms with van der Waals surface area (Å²) in [5.74, 6) is 0.891. The highest BCUT2D eigenvalue weighted by Crippen LogP contribution is 2.19. The summed E-state index contributed by atoms with van der Waals surface area (Å²) >= 11 is 1.74. The van der Waals surface area contributed by atoms with Crippen LogP contribution in [0, 0.1) is 6.92 Å². The van der Waals surface area contributed by atoms with Crippen LogP contribution in [0.1, 0.15) is 62.6 Å². The summed E-state index contributed by atoms with van der Waals surface area (Å²) in [7, 11) is 0. The average Bonchev–Trinajstić information content (AvgIpc) is 2.85. The summed E-state index contributed by atoms with van der Waals surface area (Å²) in [6.07, 6.45) is 10.3. The molecule has 2 N–H and O–H groups in total. The van der Waals surface area contributed by atoms with Crippen LogP contribution in [0.5, 0.6) is 0 Å². The van der Waals surface area contributed by atoms with Crippen molar-refractivity contribution >= 4 is 41.3 Å². The first kappa shape index (κ1) is 23.6. The number of nitrogens with zero attached hydrogens (tertiary/aromatic N) is 2. The predicted octanol–water partition coefficient (Wildman–Crippen LogP) is 4.30. The van der Waals surface area contributed by atoms with Gasteiger partial charge in [-0.3, -0.25) is 4.99 Å². The molecule has 1 saturated carbocycles. The number of hydrogen-bond acceptors (Lipinski definition) is 4. The van der Waals surface area contributed by atoms with Gasteiger partial charge in [-0.1, -0.05) is 25.7 Å². The molecule has 0 atom stereocenters. The number of thiazole rings is 1. The number of aryl methyl sites for hydroxylation is 2. The first-order valence-electron chi connectivity index (χ1n) is 9.82. The van der Waals surface area contributed by atoms with Gasteiger partial charge < -0.3 is 15.4 Å². The second kappa shape index (κ2) is 14.6. The van der Waals surface area contributed by atoms with Crippen LogP contribution in [-0.2, 0) is 11.2 Å². The molecule has 0 spiro atoms. The fourth-order valence-electron chi connectivity index (χ4n) is 3.08. The van der Waals surface area contributed by atoms with Crippen molar-refractivity contribution in [2.75, 3.05) is 26.2 Å². The van der Waals surface area contributed by atoms with E-state index in [4.69, 9.17) is 4.74 Å². The Bertz CT molecular complexity index is 501. The molecule has 7 heteroatoms. The Morgan fingerprint density at radius 3 is 2.69 bits per heavy atom. The fraction of sp³-hybridized carbons (Fsp3) is 0.789. The average molecular weight is 494 g/mol. The quantitative estimate of drug-likeness (QED) is 0.177. The van der Waals surface area contributed by atoms with Crippen LogP contribution < -0.4 is 10.6 Å². The van der Waals surface area contributed by atoms with Crippen LogP contribution in [0.4, 0.5) is 0 Å². The minimum atomic E-state index is 0. The lowest BCUT2D eigenvalue weighted by molar-refractivity contribution is 0.0468. The summed E-state index contributed by atoms with van der Waals surface area (Å²) in [4.78, 5) is 9.15. The molecule has 0 aliphatic heterocycles. The molecule has 1 aliphatic rings. The molecule has 0 unspecified atom stereocenters. The Morgan fingerprint density at radius 1 is 1.27 bits per heavy atom. The maximum Gasteiger partial charge on any atom is 0.191 e. The summed E-state index contributed by atoms with van der Waals surface area (Å²) in [6, 6.07) is 0. The molecule has 1 fully saturated rings. The summed E-state index contributed by atoms with van der Waals surface area (Å²) < 4.78 is 6.03. The van der Waals surface area contributed by atoms with E-state index in [1.54, 1.807) is 11.3 Å². The van der Waals surface area contributed by atoms with Crippen LogP contribution in [-0.4, -0.2) is 43.3 Å². The molecule has 1 aromatic rings. The Morgan fingerprint density at radius 2 is 2.04 bits per heavy atom. The van der Waals surface area contributed by atoms with Crippen LogP contribution in [0.25, 0.3) is 0 Å². The van der Waals surface area contributed by atoms with Gasteiger partial charge in [-0.25, -0.2) is 4.98 Å². The lowest BCUT2D eigenvalue weighted by Crippen LogP contribution is -2.39. The second-order valence-corrected chi connectivity index (χ2v) is 7.60. The molecule has 0 aromatic carbocycles. The van der Waals surface area contributed by atoms with Crippen molar-refractivity contribution < 1.29 is 4.74 Å². The molecule has 1 aromatic heterocycles. The van der Waals surface area contributed by atoms with E-state index in [1.165, 1.54) is 43.5 Å². The van der Waals surface area contributed by atoms with Crippen LogP contribution in [0.2, 0.25) is 0 Å². The third-order valence-electron chi connectivity index (χ3n) is 4.38. The van der Waals surface area contributed by atoms with Crippen molar-refractivity contribution in [3.05, 3.63) is 16.1 Å². The minimum absolute atomic E-state index is 0. The maximum absolute atomic E-state index is 6.03. The third kappa shape index (κ3) is 10.1. The highest BCUT2D eigenvalue weighted by Gasteiger charge is 2.12. The Labute approximate surface area is 179 Å². The smallest absolute Gasteiger partial charge is 0.191 e. The van der Waals surface area contributed by atoms with Gasteiger partial charge >= 0.3 is 0 Å². The largest absolute Gasteiger partial charge is 0.376 e. The number of guanidine groups is 1. The van der Waals surface area contributed by atoms with Gasteiger partial charge in [0, 0.05) is 37.1 Å². The molecular formula is C19H35IN4OS. The minimum Gasteiger partial charge on any atom is -0.376 e. The van der Waals surface area contributed by atoms with E-state index in [1.807, 2.05) is 6.92 Å². The van der Waals surface area contributed by atoms with E-state index in [0.717, 1.165) is 50.7 Å². The van der Waals surface area contributed by atoms with Gasteiger partial charge in [0.15, 0.2) is 5.96 Å². The highest BCUT2D eigenvalue weighted by atomic mass is 127. The number of nitrogens with one attached hydrogen (secondary N) is 2. The first-order valence-corrected chi connectivity index (χ1v) is 10.7. The van der Waals surface area contributed by atoms with E-state index in [0.29, 0.717) is 6.10 Å². The number of hydrogen-bond donors (Lipinski definition) is 2. The van der Waals surface area contributed by atoms with Crippen molar-refractivity contribution in [2.24, 2.45) is 4.99 Å². The standard InChI is InChI=1S/C19H34N4OS.HI/c1-3-20-19(21-12-8-11-18-23-16(2)15-25-18)22-13-14-24-17-9-6-4-5-7-10-17;/h15,17H,3-14H2,1-2H3,(H2,20,21,22);1H. The Kier molecular flexibility index (Phi) is 13.3. The van der Waals surface area contributed by atoms with E-state index >= 15 is 0 Å². The summed E-state index contributed by atoms with van der Waals surface area (Å²) in [5.41, 5.74) is 1.12. The summed E-state index contributed by atoms with van der Waals surface area (Å²) in [6.45, 7) is 7.40. The zero-order chi connectivity index (χ0) is 17.7. The van der Waals surface area contributed by atoms with Gasteiger partial charge in [-0.15, -0.1) is 35.3 Å². The predicted molar refractivity (Wildman–Crippen MR) is 122 cm³/mol. The molecule has 1 heterocycles. The van der Waals surface area contributed by atoms with E-state index in [-0.39, 0.29) is 24.0 Å². The lowest BCUT2D eigenvalue weighted by Gasteiger charge is -2.16. The molecule has 1 aliphatic carbocycles. The van der Waals surface area contributed by atoms with Crippen molar-refractivity contribution in [1.29, 1.82) is 0 Å². The number of ether oxygens (including phenoxy) is 1. The number of aromatic nitrogens is 1. The normalized spacial score (nSPS) is 16.0. The molecule has 2 rings (SSSR count). The van der Waals surface area contributed by atoms with Crippen LogP contribution >= 0.6 is 35.3 Å². The topological polar surface area (TPSA) is 58.5 Å².